The van der Waals surface area contributed by atoms with Crippen LogP contribution in [0.3, 0.4) is 0 Å². The summed E-state index contributed by atoms with van der Waals surface area (Å²) in [6.07, 6.45) is 2.33. The zero-order chi connectivity index (χ0) is 14.7. The van der Waals surface area contributed by atoms with Gasteiger partial charge in [-0.1, -0.05) is 36.4 Å². The molecule has 0 saturated heterocycles. The third-order valence-corrected chi connectivity index (χ3v) is 3.38. The summed E-state index contributed by atoms with van der Waals surface area (Å²) in [6, 6.07) is 16.2. The second-order valence-corrected chi connectivity index (χ2v) is 4.90. The van der Waals surface area contributed by atoms with Crippen molar-refractivity contribution < 1.29 is 9.53 Å². The Bertz CT molecular complexity index is 750. The van der Waals surface area contributed by atoms with Gasteiger partial charge in [0.2, 0.25) is 0 Å². The van der Waals surface area contributed by atoms with E-state index in [-0.39, 0.29) is 0 Å². The second-order valence-electron chi connectivity index (χ2n) is 4.90. The molecule has 0 aliphatic heterocycles. The van der Waals surface area contributed by atoms with E-state index in [1.54, 1.807) is 12.1 Å². The number of ether oxygens (including phenoxy) is 1. The average Bonchev–Trinajstić information content (AvgIpc) is 2.91. The van der Waals surface area contributed by atoms with E-state index in [9.17, 15) is 4.79 Å². The van der Waals surface area contributed by atoms with Crippen molar-refractivity contribution in [2.75, 3.05) is 0 Å². The van der Waals surface area contributed by atoms with Gasteiger partial charge in [0.1, 0.15) is 11.8 Å². The Balaban J connectivity index is 1.71. The number of hydrogen-bond acceptors (Lipinski definition) is 3. The van der Waals surface area contributed by atoms with Gasteiger partial charge < -0.3 is 15.5 Å². The van der Waals surface area contributed by atoms with E-state index in [0.29, 0.717) is 12.2 Å². The lowest BCUT2D eigenvalue weighted by molar-refractivity contribution is -0.135. The Morgan fingerprint density at radius 3 is 2.62 bits per heavy atom. The van der Waals surface area contributed by atoms with Crippen LogP contribution in [0.5, 0.6) is 5.75 Å². The van der Waals surface area contributed by atoms with Crippen LogP contribution in [-0.4, -0.2) is 17.0 Å². The number of H-pyrrole nitrogens is 1. The molecule has 1 atom stereocenters. The highest BCUT2D eigenvalue weighted by Gasteiger charge is 2.18. The van der Waals surface area contributed by atoms with Crippen LogP contribution < -0.4 is 10.5 Å². The minimum absolute atomic E-state index is 0.425. The van der Waals surface area contributed by atoms with Crippen molar-refractivity contribution in [1.82, 2.24) is 4.98 Å². The van der Waals surface area contributed by atoms with Gasteiger partial charge in [0.25, 0.3) is 0 Å². The molecule has 0 bridgehead atoms. The molecule has 0 unspecified atom stereocenters. The van der Waals surface area contributed by atoms with Crippen LogP contribution in [0.15, 0.2) is 60.8 Å². The fourth-order valence-corrected chi connectivity index (χ4v) is 2.30. The van der Waals surface area contributed by atoms with E-state index in [1.165, 1.54) is 0 Å². The number of nitrogens with two attached hydrogens (primary N) is 1. The molecule has 4 nitrogen and oxygen atoms in total. The van der Waals surface area contributed by atoms with Gasteiger partial charge in [-0.05, 0) is 23.8 Å². The summed E-state index contributed by atoms with van der Waals surface area (Å²) < 4.78 is 5.26. The number of rotatable bonds is 4. The summed E-state index contributed by atoms with van der Waals surface area (Å²) in [5.74, 6) is 0.0864. The molecule has 106 valence electrons. The molecule has 0 amide bonds. The zero-order valence-corrected chi connectivity index (χ0v) is 11.5. The molecule has 0 aliphatic rings. The molecule has 0 aliphatic carbocycles. The fourth-order valence-electron chi connectivity index (χ4n) is 2.30. The molecule has 0 radical (unpaired) electrons. The summed E-state index contributed by atoms with van der Waals surface area (Å²) in [6.45, 7) is 0. The number of esters is 1. The SMILES string of the molecule is N[C@@H](Cc1c[nH]c2ccccc12)C(=O)Oc1ccccc1. The number of para-hydroxylation sites is 2. The van der Waals surface area contributed by atoms with Crippen molar-refractivity contribution in [3.63, 3.8) is 0 Å². The zero-order valence-electron chi connectivity index (χ0n) is 11.5. The molecule has 3 N–H and O–H groups in total. The summed E-state index contributed by atoms with van der Waals surface area (Å²) in [7, 11) is 0. The van der Waals surface area contributed by atoms with Gasteiger partial charge in [-0.2, -0.15) is 0 Å². The molecule has 0 spiro atoms. The number of carbonyl (C=O) groups is 1. The molecule has 2 aromatic carbocycles. The Hall–Kier alpha value is -2.59. The van der Waals surface area contributed by atoms with Crippen molar-refractivity contribution in [2.24, 2.45) is 5.73 Å². The van der Waals surface area contributed by atoms with Crippen molar-refractivity contribution in [3.8, 4) is 5.75 Å². The molecule has 21 heavy (non-hydrogen) atoms. The molecule has 1 aromatic heterocycles. The number of carbonyl (C=O) groups excluding carboxylic acids is 1. The smallest absolute Gasteiger partial charge is 0.328 e. The van der Waals surface area contributed by atoms with Gasteiger partial charge in [0.15, 0.2) is 0 Å². The maximum Gasteiger partial charge on any atom is 0.328 e. The maximum atomic E-state index is 12.0. The molecule has 3 aromatic rings. The molecule has 4 heteroatoms. The highest BCUT2D eigenvalue weighted by Crippen LogP contribution is 2.19. The minimum Gasteiger partial charge on any atom is -0.425 e. The van der Waals surface area contributed by atoms with Crippen LogP contribution >= 0.6 is 0 Å². The first-order valence-corrected chi connectivity index (χ1v) is 6.81. The standard InChI is InChI=1S/C17H16N2O2/c18-15(17(20)21-13-6-2-1-3-7-13)10-12-11-19-16-9-5-4-8-14(12)16/h1-9,11,15,19H,10,18H2/t15-/m0/s1. The number of nitrogens with one attached hydrogen (secondary N) is 1. The van der Waals surface area contributed by atoms with Gasteiger partial charge in [-0.3, -0.25) is 0 Å². The Labute approximate surface area is 122 Å². The number of aromatic amines is 1. The van der Waals surface area contributed by atoms with Crippen LogP contribution in [0.1, 0.15) is 5.56 Å². The predicted octanol–water partition coefficient (Wildman–Crippen LogP) is 2.64. The first-order valence-electron chi connectivity index (χ1n) is 6.81. The van der Waals surface area contributed by atoms with Gasteiger partial charge in [0, 0.05) is 23.5 Å². The fraction of sp³-hybridized carbons (Fsp3) is 0.118. The first kappa shape index (κ1) is 13.4. The maximum absolute atomic E-state index is 12.0. The van der Waals surface area contributed by atoms with E-state index >= 15 is 0 Å². The molecule has 3 rings (SSSR count). The van der Waals surface area contributed by atoms with Gasteiger partial charge in [-0.25, -0.2) is 4.79 Å². The highest BCUT2D eigenvalue weighted by atomic mass is 16.5. The molecule has 1 heterocycles. The van der Waals surface area contributed by atoms with Gasteiger partial charge in [-0.15, -0.1) is 0 Å². The summed E-state index contributed by atoms with van der Waals surface area (Å²) >= 11 is 0. The third kappa shape index (κ3) is 2.95. The molecule has 0 saturated carbocycles. The summed E-state index contributed by atoms with van der Waals surface area (Å²) in [5.41, 5.74) is 8.01. The lowest BCUT2D eigenvalue weighted by atomic mass is 10.1. The first-order chi connectivity index (χ1) is 10.2. The van der Waals surface area contributed by atoms with Gasteiger partial charge >= 0.3 is 5.97 Å². The van der Waals surface area contributed by atoms with E-state index in [0.717, 1.165) is 16.5 Å². The van der Waals surface area contributed by atoms with Crippen molar-refractivity contribution >= 4 is 16.9 Å². The Morgan fingerprint density at radius 2 is 1.81 bits per heavy atom. The van der Waals surface area contributed by atoms with E-state index in [4.69, 9.17) is 10.5 Å². The lowest BCUT2D eigenvalue weighted by Gasteiger charge is -2.10. The predicted molar refractivity (Wildman–Crippen MR) is 82.1 cm³/mol. The number of benzene rings is 2. The molecular formula is C17H16N2O2. The topological polar surface area (TPSA) is 68.1 Å². The van der Waals surface area contributed by atoms with Crippen molar-refractivity contribution in [2.45, 2.75) is 12.5 Å². The highest BCUT2D eigenvalue weighted by molar-refractivity contribution is 5.85. The van der Waals surface area contributed by atoms with Crippen LogP contribution in [0.4, 0.5) is 0 Å². The van der Waals surface area contributed by atoms with Crippen LogP contribution in [-0.2, 0) is 11.2 Å². The van der Waals surface area contributed by atoms with E-state index in [1.807, 2.05) is 48.7 Å². The summed E-state index contributed by atoms with van der Waals surface area (Å²) in [4.78, 5) is 15.2. The monoisotopic (exact) mass is 280 g/mol. The van der Waals surface area contributed by atoms with Crippen LogP contribution in [0.2, 0.25) is 0 Å². The normalized spacial score (nSPS) is 12.2. The average molecular weight is 280 g/mol. The quantitative estimate of drug-likeness (QED) is 0.570. The van der Waals surface area contributed by atoms with E-state index < -0.39 is 12.0 Å². The molecular weight excluding hydrogens is 264 g/mol. The van der Waals surface area contributed by atoms with Crippen molar-refractivity contribution in [3.05, 3.63) is 66.4 Å². The van der Waals surface area contributed by atoms with Crippen LogP contribution in [0.25, 0.3) is 10.9 Å². The second kappa shape index (κ2) is 5.81. The van der Waals surface area contributed by atoms with Crippen LogP contribution in [0, 0.1) is 0 Å². The minimum atomic E-state index is -0.690. The molecule has 0 fully saturated rings. The van der Waals surface area contributed by atoms with Crippen molar-refractivity contribution in [1.29, 1.82) is 0 Å². The Morgan fingerprint density at radius 1 is 1.10 bits per heavy atom. The lowest BCUT2D eigenvalue weighted by Crippen LogP contribution is -2.36. The largest absolute Gasteiger partial charge is 0.425 e. The number of aromatic nitrogens is 1. The number of fused-ring (bicyclic) bond motifs is 1. The van der Waals surface area contributed by atoms with Gasteiger partial charge in [0.05, 0.1) is 0 Å². The third-order valence-electron chi connectivity index (χ3n) is 3.38. The van der Waals surface area contributed by atoms with E-state index in [2.05, 4.69) is 4.98 Å². The Kier molecular flexibility index (Phi) is 3.71. The number of hydrogen-bond donors (Lipinski definition) is 2. The summed E-state index contributed by atoms with van der Waals surface area (Å²) in [5, 5.41) is 1.08.